The molecule has 0 aromatic heterocycles. The summed E-state index contributed by atoms with van der Waals surface area (Å²) in [6.07, 6.45) is 1.86. The number of ketones is 1. The first kappa shape index (κ1) is 13.9. The van der Waals surface area contributed by atoms with Gasteiger partial charge in [0, 0.05) is 12.6 Å². The highest BCUT2D eigenvalue weighted by Crippen LogP contribution is 2.51. The average molecular weight is 302 g/mol. The zero-order chi connectivity index (χ0) is 16.2. The number of anilines is 1. The highest BCUT2D eigenvalue weighted by atomic mass is 16.1. The minimum absolute atomic E-state index is 0.0480. The van der Waals surface area contributed by atoms with Gasteiger partial charge in [0.1, 0.15) is 11.3 Å². The molecule has 2 aromatic carbocycles. The summed E-state index contributed by atoms with van der Waals surface area (Å²) in [4.78, 5) is 20.4. The summed E-state index contributed by atoms with van der Waals surface area (Å²) >= 11 is 0. The molecule has 0 saturated heterocycles. The van der Waals surface area contributed by atoms with Crippen LogP contribution >= 0.6 is 0 Å². The number of allylic oxidation sites excluding steroid dienone is 1. The molecule has 0 unspecified atom stereocenters. The average Bonchev–Trinajstić information content (AvgIpc) is 2.95. The van der Waals surface area contributed by atoms with Gasteiger partial charge < -0.3 is 4.90 Å². The summed E-state index contributed by atoms with van der Waals surface area (Å²) in [5.74, 6) is 0.866. The van der Waals surface area contributed by atoms with E-state index >= 15 is 0 Å². The van der Waals surface area contributed by atoms with E-state index in [0.29, 0.717) is 0 Å². The third-order valence-corrected chi connectivity index (χ3v) is 5.13. The number of hydrogen-bond donors (Lipinski definition) is 0. The molecule has 3 nitrogen and oxygen atoms in total. The van der Waals surface area contributed by atoms with Gasteiger partial charge >= 0.3 is 0 Å². The topological polar surface area (TPSA) is 32.7 Å². The summed E-state index contributed by atoms with van der Waals surface area (Å²) in [6.45, 7) is 6.00. The number of likely N-dealkylation sites (N-methyl/N-ethyl adjacent to an activating group) is 1. The SMILES string of the molecule is C=C[C@@H](C)[C@@]12C(=O)c3ccccc3N(C)C1=Nc1ccccc12. The lowest BCUT2D eigenvalue weighted by Crippen LogP contribution is -2.56. The first-order chi connectivity index (χ1) is 11.1. The van der Waals surface area contributed by atoms with Crippen LogP contribution in [-0.2, 0) is 5.41 Å². The Labute approximate surface area is 136 Å². The summed E-state index contributed by atoms with van der Waals surface area (Å²) in [5, 5.41) is 0. The van der Waals surface area contributed by atoms with Crippen LogP contribution in [0.5, 0.6) is 0 Å². The largest absolute Gasteiger partial charge is 0.331 e. The van der Waals surface area contributed by atoms with Crippen molar-refractivity contribution in [3.8, 4) is 0 Å². The molecule has 2 heterocycles. The minimum Gasteiger partial charge on any atom is -0.331 e. The number of amidine groups is 1. The van der Waals surface area contributed by atoms with E-state index in [9.17, 15) is 4.79 Å². The highest BCUT2D eigenvalue weighted by molar-refractivity contribution is 6.32. The molecular formula is C20H18N2O. The number of rotatable bonds is 2. The maximum Gasteiger partial charge on any atom is 0.183 e. The van der Waals surface area contributed by atoms with Crippen molar-refractivity contribution in [2.75, 3.05) is 11.9 Å². The second-order valence-electron chi connectivity index (χ2n) is 6.19. The normalized spacial score (nSPS) is 22.8. The predicted octanol–water partition coefficient (Wildman–Crippen LogP) is 4.12. The van der Waals surface area contributed by atoms with Crippen molar-refractivity contribution in [3.05, 3.63) is 72.3 Å². The van der Waals surface area contributed by atoms with Crippen molar-refractivity contribution >= 4 is 23.0 Å². The van der Waals surface area contributed by atoms with Gasteiger partial charge in [0.2, 0.25) is 0 Å². The van der Waals surface area contributed by atoms with Crippen molar-refractivity contribution in [1.82, 2.24) is 0 Å². The Balaban J connectivity index is 2.10. The molecule has 0 N–H and O–H groups in total. The number of hydrogen-bond acceptors (Lipinski definition) is 3. The number of fused-ring (bicyclic) bond motifs is 4. The first-order valence-corrected chi connectivity index (χ1v) is 7.81. The monoisotopic (exact) mass is 302 g/mol. The lowest BCUT2D eigenvalue weighted by molar-refractivity contribution is 0.0904. The third-order valence-electron chi connectivity index (χ3n) is 5.13. The lowest BCUT2D eigenvalue weighted by atomic mass is 9.64. The van der Waals surface area contributed by atoms with Crippen LogP contribution in [0.25, 0.3) is 0 Å². The van der Waals surface area contributed by atoms with Crippen LogP contribution in [0.3, 0.4) is 0 Å². The predicted molar refractivity (Wildman–Crippen MR) is 93.8 cm³/mol. The van der Waals surface area contributed by atoms with Crippen molar-refractivity contribution in [3.63, 3.8) is 0 Å². The molecule has 0 saturated carbocycles. The summed E-state index contributed by atoms with van der Waals surface area (Å²) in [6, 6.07) is 15.7. The number of nitrogens with zero attached hydrogens (tertiary/aromatic N) is 2. The van der Waals surface area contributed by atoms with Gasteiger partial charge in [-0.15, -0.1) is 6.58 Å². The summed E-state index contributed by atoms with van der Waals surface area (Å²) < 4.78 is 0. The van der Waals surface area contributed by atoms with E-state index in [0.717, 1.165) is 28.3 Å². The Hall–Kier alpha value is -2.68. The molecule has 3 heteroatoms. The van der Waals surface area contributed by atoms with Gasteiger partial charge in [0.25, 0.3) is 0 Å². The quantitative estimate of drug-likeness (QED) is 0.782. The standard InChI is InChI=1S/C20H18N2O/c1-4-13(2)20-15-10-6-7-11-16(15)21-19(20)22(3)17-12-8-5-9-14(17)18(20)23/h4-13H,1H2,2-3H3/t13-,20-/m1/s1. The third kappa shape index (κ3) is 1.54. The molecule has 114 valence electrons. The Kier molecular flexibility index (Phi) is 2.82. The van der Waals surface area contributed by atoms with Gasteiger partial charge in [-0.2, -0.15) is 0 Å². The molecular weight excluding hydrogens is 284 g/mol. The van der Waals surface area contributed by atoms with Crippen LogP contribution in [0.1, 0.15) is 22.8 Å². The van der Waals surface area contributed by atoms with Gasteiger partial charge in [-0.3, -0.25) is 4.79 Å². The molecule has 0 fully saturated rings. The smallest absolute Gasteiger partial charge is 0.183 e. The number of aliphatic imine (C=N–C) groups is 1. The fraction of sp³-hybridized carbons (Fsp3) is 0.200. The fourth-order valence-corrected chi connectivity index (χ4v) is 3.91. The van der Waals surface area contributed by atoms with Gasteiger partial charge in [-0.05, 0) is 29.7 Å². The Morgan fingerprint density at radius 3 is 2.65 bits per heavy atom. The number of carbonyl (C=O) groups is 1. The van der Waals surface area contributed by atoms with E-state index in [1.165, 1.54) is 0 Å². The van der Waals surface area contributed by atoms with Gasteiger partial charge in [0.05, 0.1) is 11.4 Å². The van der Waals surface area contributed by atoms with Crippen LogP contribution in [0.4, 0.5) is 11.4 Å². The summed E-state index contributed by atoms with van der Waals surface area (Å²) in [7, 11) is 1.99. The molecule has 2 aromatic rings. The molecule has 4 rings (SSSR count). The maximum absolute atomic E-state index is 13.6. The van der Waals surface area contributed by atoms with E-state index in [4.69, 9.17) is 4.99 Å². The molecule has 2 aliphatic rings. The van der Waals surface area contributed by atoms with Crippen LogP contribution in [0, 0.1) is 5.92 Å². The number of carbonyl (C=O) groups excluding carboxylic acids is 1. The Morgan fingerprint density at radius 1 is 1.17 bits per heavy atom. The molecule has 23 heavy (non-hydrogen) atoms. The van der Waals surface area contributed by atoms with Crippen LogP contribution in [-0.4, -0.2) is 18.7 Å². The van der Waals surface area contributed by atoms with Crippen LogP contribution in [0.2, 0.25) is 0 Å². The lowest BCUT2D eigenvalue weighted by Gasteiger charge is -2.43. The number of benzene rings is 2. The molecule has 0 radical (unpaired) electrons. The molecule has 0 amide bonds. The zero-order valence-corrected chi connectivity index (χ0v) is 13.3. The fourth-order valence-electron chi connectivity index (χ4n) is 3.91. The zero-order valence-electron chi connectivity index (χ0n) is 13.3. The van der Waals surface area contributed by atoms with Crippen molar-refractivity contribution in [1.29, 1.82) is 0 Å². The van der Waals surface area contributed by atoms with Crippen LogP contribution < -0.4 is 4.90 Å². The molecule has 2 aliphatic heterocycles. The molecule has 0 aliphatic carbocycles. The van der Waals surface area contributed by atoms with Gasteiger partial charge in [0.15, 0.2) is 5.78 Å². The number of Topliss-reactive ketones (excluding diaryl/α,β-unsaturated/α-hetero) is 1. The minimum atomic E-state index is -0.776. The van der Waals surface area contributed by atoms with Crippen LogP contribution in [0.15, 0.2) is 66.2 Å². The van der Waals surface area contributed by atoms with E-state index < -0.39 is 5.41 Å². The van der Waals surface area contributed by atoms with Crippen molar-refractivity contribution in [2.45, 2.75) is 12.3 Å². The Morgan fingerprint density at radius 2 is 1.87 bits per heavy atom. The summed E-state index contributed by atoms with van der Waals surface area (Å²) in [5.41, 5.74) is 2.75. The molecule has 0 spiro atoms. The van der Waals surface area contributed by atoms with E-state index in [2.05, 4.69) is 11.5 Å². The maximum atomic E-state index is 13.6. The second kappa shape index (κ2) is 4.66. The van der Waals surface area contributed by atoms with Crippen molar-refractivity contribution < 1.29 is 4.79 Å². The van der Waals surface area contributed by atoms with Gasteiger partial charge in [-0.25, -0.2) is 4.99 Å². The second-order valence-corrected chi connectivity index (χ2v) is 6.19. The first-order valence-electron chi connectivity index (χ1n) is 7.81. The van der Waals surface area contributed by atoms with E-state index in [1.807, 2.05) is 68.6 Å². The van der Waals surface area contributed by atoms with E-state index in [-0.39, 0.29) is 11.7 Å². The van der Waals surface area contributed by atoms with Gasteiger partial charge in [-0.1, -0.05) is 43.3 Å². The number of para-hydroxylation sites is 2. The molecule has 0 bridgehead atoms. The Bertz CT molecular complexity index is 867. The molecule has 2 atom stereocenters. The van der Waals surface area contributed by atoms with E-state index in [1.54, 1.807) is 0 Å². The highest BCUT2D eigenvalue weighted by Gasteiger charge is 2.57. The van der Waals surface area contributed by atoms with Crippen molar-refractivity contribution in [2.24, 2.45) is 10.9 Å².